The lowest BCUT2D eigenvalue weighted by Gasteiger charge is -2.10. The Morgan fingerprint density at radius 1 is 1.32 bits per heavy atom. The Morgan fingerprint density at radius 2 is 2.00 bits per heavy atom. The number of H-pyrrole nitrogens is 1. The maximum atomic E-state index is 13.5. The van der Waals surface area contributed by atoms with E-state index in [0.717, 1.165) is 17.8 Å². The van der Waals surface area contributed by atoms with Crippen LogP contribution < -0.4 is 5.56 Å². The van der Waals surface area contributed by atoms with Gasteiger partial charge in [0.1, 0.15) is 17.4 Å². The summed E-state index contributed by atoms with van der Waals surface area (Å²) in [7, 11) is 0. The van der Waals surface area contributed by atoms with Crippen LogP contribution in [0, 0.1) is 17.1 Å². The van der Waals surface area contributed by atoms with Crippen LogP contribution in [0.25, 0.3) is 11.3 Å². The van der Waals surface area contributed by atoms with Crippen LogP contribution in [0.5, 0.6) is 0 Å². The lowest BCUT2D eigenvalue weighted by molar-refractivity contribution is -0.137. The summed E-state index contributed by atoms with van der Waals surface area (Å²) >= 11 is 1.03. The molecular weight excluding hydrogens is 322 g/mol. The Hall–Kier alpha value is -2.34. The molecule has 2 rings (SSSR count). The van der Waals surface area contributed by atoms with Crippen molar-refractivity contribution < 1.29 is 17.6 Å². The second-order valence-electron chi connectivity index (χ2n) is 4.14. The first kappa shape index (κ1) is 16.0. The predicted molar refractivity (Wildman–Crippen MR) is 71.7 cm³/mol. The van der Waals surface area contributed by atoms with Crippen molar-refractivity contribution in [1.29, 1.82) is 5.26 Å². The molecule has 22 heavy (non-hydrogen) atoms. The molecule has 4 nitrogen and oxygen atoms in total. The third-order valence-corrected chi connectivity index (χ3v) is 3.28. The SMILES string of the molecule is CSc1nc(-c2cc(F)cc(C(F)(F)F)c2)c(C#N)c(=O)[nH]1. The van der Waals surface area contributed by atoms with Crippen molar-refractivity contribution in [2.75, 3.05) is 6.26 Å². The molecule has 0 aliphatic heterocycles. The molecule has 1 aromatic carbocycles. The fourth-order valence-electron chi connectivity index (χ4n) is 1.75. The van der Waals surface area contributed by atoms with Gasteiger partial charge in [0.05, 0.1) is 11.3 Å². The zero-order valence-corrected chi connectivity index (χ0v) is 11.8. The van der Waals surface area contributed by atoms with Crippen molar-refractivity contribution >= 4 is 11.8 Å². The predicted octanol–water partition coefficient (Wildman–Crippen LogP) is 3.19. The second kappa shape index (κ2) is 5.81. The van der Waals surface area contributed by atoms with Crippen LogP contribution in [-0.2, 0) is 6.18 Å². The number of nitrogens with zero attached hydrogens (tertiary/aromatic N) is 2. The number of alkyl halides is 3. The summed E-state index contributed by atoms with van der Waals surface area (Å²) in [5.41, 5.74) is -3.07. The van der Waals surface area contributed by atoms with E-state index in [1.807, 2.05) is 0 Å². The van der Waals surface area contributed by atoms with Crippen LogP contribution in [-0.4, -0.2) is 16.2 Å². The minimum atomic E-state index is -4.76. The van der Waals surface area contributed by atoms with Crippen LogP contribution in [0.15, 0.2) is 28.2 Å². The second-order valence-corrected chi connectivity index (χ2v) is 4.93. The van der Waals surface area contributed by atoms with Gasteiger partial charge in [-0.15, -0.1) is 0 Å². The molecule has 1 aromatic heterocycles. The van der Waals surface area contributed by atoms with Crippen LogP contribution in [0.1, 0.15) is 11.1 Å². The Labute approximate surface area is 125 Å². The summed E-state index contributed by atoms with van der Waals surface area (Å²) in [4.78, 5) is 18.0. The highest BCUT2D eigenvalue weighted by atomic mass is 32.2. The summed E-state index contributed by atoms with van der Waals surface area (Å²) in [5, 5.41) is 9.10. The number of hydrogen-bond acceptors (Lipinski definition) is 4. The van der Waals surface area contributed by atoms with Crippen molar-refractivity contribution in [2.24, 2.45) is 0 Å². The Balaban J connectivity index is 2.77. The maximum absolute atomic E-state index is 13.5. The average Bonchev–Trinajstić information content (AvgIpc) is 2.44. The summed E-state index contributed by atoms with van der Waals surface area (Å²) in [6.45, 7) is 0. The minimum absolute atomic E-state index is 0.108. The highest BCUT2D eigenvalue weighted by Gasteiger charge is 2.32. The Morgan fingerprint density at radius 3 is 2.55 bits per heavy atom. The van der Waals surface area contributed by atoms with Crippen molar-refractivity contribution in [3.63, 3.8) is 0 Å². The summed E-state index contributed by atoms with van der Waals surface area (Å²) in [5.74, 6) is -1.14. The Bertz CT molecular complexity index is 824. The molecule has 0 radical (unpaired) electrons. The molecule has 9 heteroatoms. The highest BCUT2D eigenvalue weighted by Crippen LogP contribution is 2.33. The number of thioether (sulfide) groups is 1. The van der Waals surface area contributed by atoms with E-state index < -0.39 is 28.7 Å². The smallest absolute Gasteiger partial charge is 0.300 e. The normalized spacial score (nSPS) is 11.3. The molecule has 0 fully saturated rings. The van der Waals surface area contributed by atoms with Gasteiger partial charge in [-0.2, -0.15) is 18.4 Å². The fraction of sp³-hybridized carbons (Fsp3) is 0.154. The first-order valence-corrected chi connectivity index (χ1v) is 6.95. The van der Waals surface area contributed by atoms with Gasteiger partial charge >= 0.3 is 6.18 Å². The number of aromatic amines is 1. The molecule has 0 saturated heterocycles. The first-order chi connectivity index (χ1) is 10.3. The molecule has 0 saturated carbocycles. The van der Waals surface area contributed by atoms with Gasteiger partial charge < -0.3 is 4.98 Å². The van der Waals surface area contributed by atoms with Crippen LogP contribution in [0.3, 0.4) is 0 Å². The van der Waals surface area contributed by atoms with E-state index in [9.17, 15) is 22.4 Å². The van der Waals surface area contributed by atoms with Crippen LogP contribution >= 0.6 is 11.8 Å². The van der Waals surface area contributed by atoms with Crippen molar-refractivity contribution in [3.8, 4) is 17.3 Å². The van der Waals surface area contributed by atoms with E-state index in [4.69, 9.17) is 5.26 Å². The molecule has 2 aromatic rings. The van der Waals surface area contributed by atoms with E-state index in [1.165, 1.54) is 0 Å². The largest absolute Gasteiger partial charge is 0.416 e. The minimum Gasteiger partial charge on any atom is -0.300 e. The zero-order valence-electron chi connectivity index (χ0n) is 11.0. The third-order valence-electron chi connectivity index (χ3n) is 2.70. The number of halogens is 4. The van der Waals surface area contributed by atoms with E-state index in [0.29, 0.717) is 12.1 Å². The number of nitrogens with one attached hydrogen (secondary N) is 1. The monoisotopic (exact) mass is 329 g/mol. The lowest BCUT2D eigenvalue weighted by Crippen LogP contribution is -2.15. The van der Waals surface area contributed by atoms with E-state index in [-0.39, 0.29) is 16.4 Å². The van der Waals surface area contributed by atoms with Crippen LogP contribution in [0.2, 0.25) is 0 Å². The lowest BCUT2D eigenvalue weighted by atomic mass is 10.0. The van der Waals surface area contributed by atoms with Gasteiger partial charge in [0.2, 0.25) is 0 Å². The molecule has 0 unspecified atom stereocenters. The van der Waals surface area contributed by atoms with Gasteiger partial charge in [-0.3, -0.25) is 4.79 Å². The average molecular weight is 329 g/mol. The van der Waals surface area contributed by atoms with Crippen molar-refractivity contribution in [1.82, 2.24) is 9.97 Å². The number of rotatable bonds is 2. The summed E-state index contributed by atoms with van der Waals surface area (Å²) in [6.07, 6.45) is -3.17. The quantitative estimate of drug-likeness (QED) is 0.522. The number of hydrogen-bond donors (Lipinski definition) is 1. The van der Waals surface area contributed by atoms with Crippen molar-refractivity contribution in [2.45, 2.75) is 11.3 Å². The van der Waals surface area contributed by atoms with Gasteiger partial charge in [0.15, 0.2) is 5.16 Å². The van der Waals surface area contributed by atoms with E-state index >= 15 is 0 Å². The molecule has 1 N–H and O–H groups in total. The van der Waals surface area contributed by atoms with Gasteiger partial charge in [0.25, 0.3) is 5.56 Å². The summed E-state index contributed by atoms with van der Waals surface area (Å²) < 4.78 is 51.7. The number of aromatic nitrogens is 2. The molecule has 0 bridgehead atoms. The van der Waals surface area contributed by atoms with Gasteiger partial charge in [0, 0.05) is 5.56 Å². The number of benzene rings is 1. The fourth-order valence-corrected chi connectivity index (χ4v) is 2.13. The molecule has 0 amide bonds. The molecule has 0 atom stereocenters. The Kier molecular flexibility index (Phi) is 4.23. The highest BCUT2D eigenvalue weighted by molar-refractivity contribution is 7.98. The van der Waals surface area contributed by atoms with Gasteiger partial charge in [-0.05, 0) is 24.5 Å². The molecule has 1 heterocycles. The third kappa shape index (κ3) is 3.12. The molecule has 0 aliphatic rings. The van der Waals surface area contributed by atoms with Gasteiger partial charge in [-0.25, -0.2) is 9.37 Å². The topological polar surface area (TPSA) is 69.5 Å². The molecule has 0 aliphatic carbocycles. The molecule has 0 spiro atoms. The summed E-state index contributed by atoms with van der Waals surface area (Å²) in [6, 6.07) is 3.35. The zero-order chi connectivity index (χ0) is 16.5. The van der Waals surface area contributed by atoms with E-state index in [1.54, 1.807) is 12.3 Å². The maximum Gasteiger partial charge on any atom is 0.416 e. The van der Waals surface area contributed by atoms with E-state index in [2.05, 4.69) is 9.97 Å². The molecule has 114 valence electrons. The van der Waals surface area contributed by atoms with Crippen molar-refractivity contribution in [3.05, 3.63) is 45.5 Å². The first-order valence-electron chi connectivity index (χ1n) is 5.73. The number of nitriles is 1. The standard InChI is InChI=1S/C13H7F4N3OS/c1-22-12-19-10(9(5-18)11(21)20-12)6-2-7(13(15,16)17)4-8(14)3-6/h2-4H,1H3,(H,19,20,21). The van der Waals surface area contributed by atoms with Crippen LogP contribution in [0.4, 0.5) is 17.6 Å². The van der Waals surface area contributed by atoms with Gasteiger partial charge in [-0.1, -0.05) is 11.8 Å². The molecular formula is C13H7F4N3OS.